The fourth-order valence-electron chi connectivity index (χ4n) is 4.35. The average molecular weight is 461 g/mol. The van der Waals surface area contributed by atoms with Crippen LogP contribution >= 0.6 is 0 Å². The number of benzene rings is 4. The second kappa shape index (κ2) is 10.2. The van der Waals surface area contributed by atoms with Gasteiger partial charge in [-0.25, -0.2) is 0 Å². The van der Waals surface area contributed by atoms with E-state index >= 15 is 0 Å². The molecule has 176 valence electrons. The molecule has 4 aromatic rings. The molecule has 0 saturated heterocycles. The Morgan fingerprint density at radius 1 is 0.543 bits per heavy atom. The van der Waals surface area contributed by atoms with Gasteiger partial charge in [-0.15, -0.1) is 0 Å². The lowest BCUT2D eigenvalue weighted by molar-refractivity contribution is 0.103. The van der Waals surface area contributed by atoms with Crippen LogP contribution in [0.4, 0.5) is 0 Å². The molecule has 2 heteroatoms. The Hall–Kier alpha value is -3.78. The van der Waals surface area contributed by atoms with E-state index in [0.717, 1.165) is 29.5 Å². The van der Waals surface area contributed by atoms with E-state index < -0.39 is 0 Å². The van der Waals surface area contributed by atoms with Gasteiger partial charge in [-0.05, 0) is 41.9 Å². The number of rotatable bonds is 8. The van der Waals surface area contributed by atoms with Crippen molar-refractivity contribution in [2.24, 2.45) is 0 Å². The highest BCUT2D eigenvalue weighted by atomic mass is 16.1. The van der Waals surface area contributed by atoms with Crippen molar-refractivity contribution in [3.8, 4) is 11.1 Å². The first kappa shape index (κ1) is 24.3. The molecule has 0 aromatic heterocycles. The van der Waals surface area contributed by atoms with E-state index in [4.69, 9.17) is 0 Å². The third-order valence-electron chi connectivity index (χ3n) is 7.35. The Morgan fingerprint density at radius 2 is 0.857 bits per heavy atom. The number of hydrogen-bond acceptors (Lipinski definition) is 2. The highest BCUT2D eigenvalue weighted by Gasteiger charge is 2.22. The summed E-state index contributed by atoms with van der Waals surface area (Å²) in [6.07, 6.45) is 2.14. The number of carbonyl (C=O) groups excluding carboxylic acids is 2. The van der Waals surface area contributed by atoms with Crippen LogP contribution in [0.2, 0.25) is 0 Å². The van der Waals surface area contributed by atoms with Gasteiger partial charge in [0.15, 0.2) is 11.6 Å². The number of hydrogen-bond donors (Lipinski definition) is 0. The molecule has 2 nitrogen and oxygen atoms in total. The van der Waals surface area contributed by atoms with Gasteiger partial charge in [0.25, 0.3) is 0 Å². The van der Waals surface area contributed by atoms with Crippen LogP contribution in [-0.2, 0) is 5.41 Å². The quantitative estimate of drug-likeness (QED) is 0.248. The molecule has 0 bridgehead atoms. The van der Waals surface area contributed by atoms with Crippen molar-refractivity contribution < 1.29 is 9.59 Å². The molecule has 0 spiro atoms. The van der Waals surface area contributed by atoms with Crippen LogP contribution in [0.15, 0.2) is 97.1 Å². The van der Waals surface area contributed by atoms with Crippen LogP contribution in [0.1, 0.15) is 76.6 Å². The fourth-order valence-corrected chi connectivity index (χ4v) is 4.35. The predicted octanol–water partition coefficient (Wildman–Crippen LogP) is 8.20. The molecule has 0 heterocycles. The van der Waals surface area contributed by atoms with Crippen molar-refractivity contribution in [3.63, 3.8) is 0 Å². The van der Waals surface area contributed by atoms with Crippen molar-refractivity contribution in [1.29, 1.82) is 0 Å². The standard InChI is InChI=1S/C33H32O2/c1-5-33(4,6-2)30-21-19-29(20-22-30)32(35)28-17-13-25(14-18-28)24-11-15-27(16-12-24)31(34)26-9-7-23(3)8-10-26/h7-22H,5-6H2,1-4H3. The van der Waals surface area contributed by atoms with Crippen molar-refractivity contribution in [1.82, 2.24) is 0 Å². The van der Waals surface area contributed by atoms with Crippen LogP contribution in [0.25, 0.3) is 11.1 Å². The van der Waals surface area contributed by atoms with Crippen LogP contribution in [0.3, 0.4) is 0 Å². The SMILES string of the molecule is CCC(C)(CC)c1ccc(C(=O)c2ccc(-c3ccc(C(=O)c4ccc(C)cc4)cc3)cc2)cc1. The van der Waals surface area contributed by atoms with Gasteiger partial charge in [-0.2, -0.15) is 0 Å². The molecular weight excluding hydrogens is 428 g/mol. The summed E-state index contributed by atoms with van der Waals surface area (Å²) < 4.78 is 0. The van der Waals surface area contributed by atoms with Crippen LogP contribution < -0.4 is 0 Å². The minimum absolute atomic E-state index is 0.0155. The van der Waals surface area contributed by atoms with Gasteiger partial charge in [0.1, 0.15) is 0 Å². The summed E-state index contributed by atoms with van der Waals surface area (Å²) in [5, 5.41) is 0. The topological polar surface area (TPSA) is 34.1 Å². The molecule has 0 atom stereocenters. The van der Waals surface area contributed by atoms with Crippen molar-refractivity contribution >= 4 is 11.6 Å². The molecule has 0 aliphatic heterocycles. The van der Waals surface area contributed by atoms with Gasteiger partial charge < -0.3 is 0 Å². The molecular formula is C33H32O2. The average Bonchev–Trinajstić information content (AvgIpc) is 2.92. The Labute approximate surface area is 208 Å². The lowest BCUT2D eigenvalue weighted by Gasteiger charge is -2.27. The van der Waals surface area contributed by atoms with Crippen LogP contribution in [0.5, 0.6) is 0 Å². The lowest BCUT2D eigenvalue weighted by atomic mass is 9.77. The zero-order valence-electron chi connectivity index (χ0n) is 21.0. The third kappa shape index (κ3) is 5.17. The molecule has 4 aromatic carbocycles. The summed E-state index contributed by atoms with van der Waals surface area (Å²) in [5.41, 5.74) is 7.29. The molecule has 0 aliphatic carbocycles. The second-order valence-corrected chi connectivity index (χ2v) is 9.52. The van der Waals surface area contributed by atoms with Crippen molar-refractivity contribution in [2.75, 3.05) is 0 Å². The molecule has 0 saturated carbocycles. The lowest BCUT2D eigenvalue weighted by Crippen LogP contribution is -2.19. The predicted molar refractivity (Wildman–Crippen MR) is 144 cm³/mol. The highest BCUT2D eigenvalue weighted by Crippen LogP contribution is 2.31. The second-order valence-electron chi connectivity index (χ2n) is 9.52. The molecule has 0 aliphatic rings. The summed E-state index contributed by atoms with van der Waals surface area (Å²) >= 11 is 0. The van der Waals surface area contributed by atoms with Gasteiger partial charge in [-0.3, -0.25) is 9.59 Å². The van der Waals surface area contributed by atoms with Gasteiger partial charge >= 0.3 is 0 Å². The van der Waals surface area contributed by atoms with Crippen LogP contribution in [-0.4, -0.2) is 11.6 Å². The molecule has 0 N–H and O–H groups in total. The summed E-state index contributed by atoms with van der Waals surface area (Å²) in [7, 11) is 0. The summed E-state index contributed by atoms with van der Waals surface area (Å²) in [5.74, 6) is 0.0403. The Morgan fingerprint density at radius 3 is 1.20 bits per heavy atom. The Kier molecular flexibility index (Phi) is 7.12. The van der Waals surface area contributed by atoms with E-state index in [2.05, 4.69) is 32.9 Å². The number of aryl methyl sites for hydroxylation is 1. The number of ketones is 2. The molecule has 0 fully saturated rings. The fraction of sp³-hybridized carbons (Fsp3) is 0.212. The maximum absolute atomic E-state index is 13.0. The summed E-state index contributed by atoms with van der Waals surface area (Å²) in [6.45, 7) is 8.69. The first-order valence-electron chi connectivity index (χ1n) is 12.3. The van der Waals surface area contributed by atoms with Crippen molar-refractivity contribution in [3.05, 3.63) is 130 Å². The summed E-state index contributed by atoms with van der Waals surface area (Å²) in [4.78, 5) is 25.8. The first-order valence-corrected chi connectivity index (χ1v) is 12.3. The largest absolute Gasteiger partial charge is 0.289 e. The Balaban J connectivity index is 1.48. The Bertz CT molecular complexity index is 1310. The smallest absolute Gasteiger partial charge is 0.193 e. The molecule has 0 amide bonds. The maximum atomic E-state index is 13.0. The number of carbonyl (C=O) groups is 2. The van der Waals surface area contributed by atoms with Gasteiger partial charge in [0, 0.05) is 22.3 Å². The molecule has 35 heavy (non-hydrogen) atoms. The van der Waals surface area contributed by atoms with E-state index in [1.807, 2.05) is 91.9 Å². The summed E-state index contributed by atoms with van der Waals surface area (Å²) in [6, 6.07) is 31.0. The minimum Gasteiger partial charge on any atom is -0.289 e. The molecule has 0 unspecified atom stereocenters. The zero-order chi connectivity index (χ0) is 25.0. The van der Waals surface area contributed by atoms with E-state index in [-0.39, 0.29) is 17.0 Å². The van der Waals surface area contributed by atoms with Gasteiger partial charge in [0.2, 0.25) is 0 Å². The monoisotopic (exact) mass is 460 g/mol. The highest BCUT2D eigenvalue weighted by molar-refractivity contribution is 6.10. The van der Waals surface area contributed by atoms with E-state index in [9.17, 15) is 9.59 Å². The third-order valence-corrected chi connectivity index (χ3v) is 7.35. The van der Waals surface area contributed by atoms with Crippen LogP contribution in [0, 0.1) is 6.92 Å². The van der Waals surface area contributed by atoms with E-state index in [0.29, 0.717) is 22.3 Å². The maximum Gasteiger partial charge on any atom is 0.193 e. The minimum atomic E-state index is 0.0155. The zero-order valence-corrected chi connectivity index (χ0v) is 21.0. The normalized spacial score (nSPS) is 11.3. The van der Waals surface area contributed by atoms with Crippen molar-refractivity contribution in [2.45, 2.75) is 46.0 Å². The van der Waals surface area contributed by atoms with E-state index in [1.54, 1.807) is 0 Å². The molecule has 0 radical (unpaired) electrons. The van der Waals surface area contributed by atoms with E-state index in [1.165, 1.54) is 5.56 Å². The van der Waals surface area contributed by atoms with Gasteiger partial charge in [-0.1, -0.05) is 123 Å². The first-order chi connectivity index (χ1) is 16.8. The van der Waals surface area contributed by atoms with Gasteiger partial charge in [0.05, 0.1) is 0 Å². The molecule has 4 rings (SSSR count).